The Hall–Kier alpha value is -1.58. The highest BCUT2D eigenvalue weighted by molar-refractivity contribution is 4.92. The molecule has 2 N–H and O–H groups in total. The fraction of sp³-hybridized carbons (Fsp3) is 0.500. The standard InChI is InChI=1S/2C6H10N2/c2*1-5(2)6-7-3-4-8-6/h2*3-5H,1-2H3,(H,7,8). The van der Waals surface area contributed by atoms with Crippen LogP contribution in [0.2, 0.25) is 0 Å². The Morgan fingerprint density at radius 3 is 1.31 bits per heavy atom. The molecule has 2 aromatic heterocycles. The molecular formula is C12H20N4. The third-order valence-electron chi connectivity index (χ3n) is 2.13. The number of aromatic amines is 2. The lowest BCUT2D eigenvalue weighted by atomic mass is 10.2. The molecule has 4 heteroatoms. The topological polar surface area (TPSA) is 57.4 Å². The van der Waals surface area contributed by atoms with Gasteiger partial charge in [0.15, 0.2) is 0 Å². The van der Waals surface area contributed by atoms with E-state index >= 15 is 0 Å². The second kappa shape index (κ2) is 6.10. The minimum Gasteiger partial charge on any atom is -0.348 e. The Bertz CT molecular complexity index is 321. The molecule has 88 valence electrons. The van der Waals surface area contributed by atoms with Crippen molar-refractivity contribution in [3.8, 4) is 0 Å². The van der Waals surface area contributed by atoms with Crippen LogP contribution in [0.5, 0.6) is 0 Å². The second-order valence-corrected chi connectivity index (χ2v) is 4.26. The van der Waals surface area contributed by atoms with E-state index in [0.717, 1.165) is 11.6 Å². The molecule has 2 heterocycles. The van der Waals surface area contributed by atoms with E-state index in [1.807, 2.05) is 12.4 Å². The Morgan fingerprint density at radius 2 is 1.19 bits per heavy atom. The molecule has 0 aromatic carbocycles. The molecule has 0 unspecified atom stereocenters. The molecule has 0 radical (unpaired) electrons. The van der Waals surface area contributed by atoms with Gasteiger partial charge in [0.25, 0.3) is 0 Å². The average Bonchev–Trinajstić information content (AvgIpc) is 2.93. The first-order valence-electron chi connectivity index (χ1n) is 5.59. The van der Waals surface area contributed by atoms with Crippen LogP contribution in [0.3, 0.4) is 0 Å². The van der Waals surface area contributed by atoms with Gasteiger partial charge in [0, 0.05) is 36.6 Å². The van der Waals surface area contributed by atoms with Gasteiger partial charge in [-0.25, -0.2) is 9.97 Å². The number of rotatable bonds is 2. The summed E-state index contributed by atoms with van der Waals surface area (Å²) in [5.41, 5.74) is 0. The van der Waals surface area contributed by atoms with E-state index in [2.05, 4.69) is 47.6 Å². The molecule has 0 atom stereocenters. The summed E-state index contributed by atoms with van der Waals surface area (Å²) in [4.78, 5) is 14.2. The van der Waals surface area contributed by atoms with Crippen LogP contribution in [0, 0.1) is 0 Å². The highest BCUT2D eigenvalue weighted by atomic mass is 14.9. The molecule has 0 amide bonds. The Morgan fingerprint density at radius 1 is 0.812 bits per heavy atom. The van der Waals surface area contributed by atoms with Crippen molar-refractivity contribution in [2.24, 2.45) is 0 Å². The van der Waals surface area contributed by atoms with Crippen LogP contribution in [-0.2, 0) is 0 Å². The quantitative estimate of drug-likeness (QED) is 0.817. The predicted octanol–water partition coefficient (Wildman–Crippen LogP) is 3.07. The largest absolute Gasteiger partial charge is 0.348 e. The van der Waals surface area contributed by atoms with Gasteiger partial charge in [-0.2, -0.15) is 0 Å². The summed E-state index contributed by atoms with van der Waals surface area (Å²) < 4.78 is 0. The number of hydrogen-bond acceptors (Lipinski definition) is 2. The van der Waals surface area contributed by atoms with Crippen LogP contribution >= 0.6 is 0 Å². The van der Waals surface area contributed by atoms with Crippen molar-refractivity contribution >= 4 is 0 Å². The van der Waals surface area contributed by atoms with E-state index in [0.29, 0.717) is 11.8 Å². The highest BCUT2D eigenvalue weighted by Crippen LogP contribution is 2.06. The molecule has 0 bridgehead atoms. The first-order valence-corrected chi connectivity index (χ1v) is 5.59. The molecule has 2 aromatic rings. The molecule has 0 aliphatic heterocycles. The number of aromatic nitrogens is 4. The van der Waals surface area contributed by atoms with Crippen molar-refractivity contribution in [2.75, 3.05) is 0 Å². The van der Waals surface area contributed by atoms with Crippen molar-refractivity contribution < 1.29 is 0 Å². The van der Waals surface area contributed by atoms with Gasteiger partial charge in [0.1, 0.15) is 11.6 Å². The molecule has 0 aliphatic carbocycles. The number of hydrogen-bond donors (Lipinski definition) is 2. The zero-order valence-corrected chi connectivity index (χ0v) is 10.4. The first-order chi connectivity index (χ1) is 7.61. The maximum Gasteiger partial charge on any atom is 0.108 e. The van der Waals surface area contributed by atoms with Gasteiger partial charge in [0.05, 0.1) is 0 Å². The van der Waals surface area contributed by atoms with Gasteiger partial charge >= 0.3 is 0 Å². The van der Waals surface area contributed by atoms with Gasteiger partial charge in [-0.15, -0.1) is 0 Å². The summed E-state index contributed by atoms with van der Waals surface area (Å²) >= 11 is 0. The Kier molecular flexibility index (Phi) is 4.76. The summed E-state index contributed by atoms with van der Waals surface area (Å²) in [5, 5.41) is 0. The molecule has 2 rings (SSSR count). The fourth-order valence-corrected chi connectivity index (χ4v) is 1.19. The van der Waals surface area contributed by atoms with Gasteiger partial charge in [-0.1, -0.05) is 27.7 Å². The summed E-state index contributed by atoms with van der Waals surface area (Å²) in [5.74, 6) is 3.16. The summed E-state index contributed by atoms with van der Waals surface area (Å²) in [6.45, 7) is 8.44. The van der Waals surface area contributed by atoms with Crippen LogP contribution in [0.4, 0.5) is 0 Å². The minimum atomic E-state index is 0.519. The summed E-state index contributed by atoms with van der Waals surface area (Å²) in [6.07, 6.45) is 7.23. The number of nitrogens with one attached hydrogen (secondary N) is 2. The molecule has 0 aliphatic rings. The molecular weight excluding hydrogens is 200 g/mol. The van der Waals surface area contributed by atoms with Crippen molar-refractivity contribution in [3.63, 3.8) is 0 Å². The zero-order chi connectivity index (χ0) is 12.0. The van der Waals surface area contributed by atoms with Gasteiger partial charge in [-0.3, -0.25) is 0 Å². The summed E-state index contributed by atoms with van der Waals surface area (Å²) in [7, 11) is 0. The maximum absolute atomic E-state index is 4.06. The molecule has 0 saturated heterocycles. The highest BCUT2D eigenvalue weighted by Gasteiger charge is 1.97. The lowest BCUT2D eigenvalue weighted by Gasteiger charge is -1.95. The van der Waals surface area contributed by atoms with Crippen molar-refractivity contribution in [1.29, 1.82) is 0 Å². The number of H-pyrrole nitrogens is 2. The van der Waals surface area contributed by atoms with Crippen LogP contribution in [0.25, 0.3) is 0 Å². The SMILES string of the molecule is CC(C)c1ncc[nH]1.CC(C)c1ncc[nH]1. The Balaban J connectivity index is 0.000000160. The Labute approximate surface area is 96.5 Å². The molecule has 4 nitrogen and oxygen atoms in total. The molecule has 0 spiro atoms. The second-order valence-electron chi connectivity index (χ2n) is 4.26. The van der Waals surface area contributed by atoms with Crippen molar-refractivity contribution in [2.45, 2.75) is 39.5 Å². The lowest BCUT2D eigenvalue weighted by molar-refractivity contribution is 0.794. The third kappa shape index (κ3) is 3.88. The zero-order valence-electron chi connectivity index (χ0n) is 10.4. The summed E-state index contributed by atoms with van der Waals surface area (Å²) in [6, 6.07) is 0. The van der Waals surface area contributed by atoms with Crippen LogP contribution in [-0.4, -0.2) is 19.9 Å². The van der Waals surface area contributed by atoms with E-state index in [9.17, 15) is 0 Å². The van der Waals surface area contributed by atoms with Gasteiger partial charge in [-0.05, 0) is 0 Å². The van der Waals surface area contributed by atoms with E-state index in [1.165, 1.54) is 0 Å². The van der Waals surface area contributed by atoms with E-state index in [-0.39, 0.29) is 0 Å². The monoisotopic (exact) mass is 220 g/mol. The van der Waals surface area contributed by atoms with Crippen LogP contribution in [0.15, 0.2) is 24.8 Å². The fourth-order valence-electron chi connectivity index (χ4n) is 1.19. The maximum atomic E-state index is 4.06. The van der Waals surface area contributed by atoms with E-state index in [1.54, 1.807) is 12.4 Å². The van der Waals surface area contributed by atoms with Gasteiger partial charge in [0.2, 0.25) is 0 Å². The molecule has 0 fully saturated rings. The van der Waals surface area contributed by atoms with Crippen molar-refractivity contribution in [3.05, 3.63) is 36.4 Å². The van der Waals surface area contributed by atoms with Gasteiger partial charge < -0.3 is 9.97 Å². The number of nitrogens with zero attached hydrogens (tertiary/aromatic N) is 2. The van der Waals surface area contributed by atoms with Crippen molar-refractivity contribution in [1.82, 2.24) is 19.9 Å². The molecule has 16 heavy (non-hydrogen) atoms. The van der Waals surface area contributed by atoms with Crippen LogP contribution in [0.1, 0.15) is 51.2 Å². The molecule has 0 saturated carbocycles. The lowest BCUT2D eigenvalue weighted by Crippen LogP contribution is -1.87. The minimum absolute atomic E-state index is 0.519. The van der Waals surface area contributed by atoms with E-state index in [4.69, 9.17) is 0 Å². The smallest absolute Gasteiger partial charge is 0.108 e. The van der Waals surface area contributed by atoms with E-state index < -0.39 is 0 Å². The first kappa shape index (κ1) is 12.5. The van der Waals surface area contributed by atoms with Crippen LogP contribution < -0.4 is 0 Å². The predicted molar refractivity (Wildman–Crippen MR) is 65.4 cm³/mol. The number of imidazole rings is 2. The normalized spacial score (nSPS) is 10.4. The average molecular weight is 220 g/mol. The third-order valence-corrected chi connectivity index (χ3v) is 2.13.